The first-order valence-electron chi connectivity index (χ1n) is 16.9. The normalized spacial score (nSPS) is 18.5. The van der Waals surface area contributed by atoms with E-state index in [1.54, 1.807) is 29.2 Å². The van der Waals surface area contributed by atoms with Crippen molar-refractivity contribution in [2.24, 2.45) is 0 Å². The molecule has 2 fully saturated rings. The summed E-state index contributed by atoms with van der Waals surface area (Å²) in [5.41, 5.74) is 2.02. The summed E-state index contributed by atoms with van der Waals surface area (Å²) in [6, 6.07) is 7.61. The molecule has 1 amide bonds. The van der Waals surface area contributed by atoms with Gasteiger partial charge in [-0.1, -0.05) is 58.0 Å². The summed E-state index contributed by atoms with van der Waals surface area (Å²) in [5, 5.41) is 4.11. The van der Waals surface area contributed by atoms with Gasteiger partial charge in [0.15, 0.2) is 5.65 Å². The number of nitrogens with one attached hydrogen (secondary N) is 1. The molecule has 258 valence electrons. The number of hydrogen-bond acceptors (Lipinski definition) is 9. The third kappa shape index (κ3) is 6.39. The molecule has 49 heavy (non-hydrogen) atoms. The van der Waals surface area contributed by atoms with Crippen LogP contribution in [0.2, 0.25) is 5.02 Å². The van der Waals surface area contributed by atoms with Gasteiger partial charge in [0.25, 0.3) is 0 Å². The van der Waals surface area contributed by atoms with Crippen molar-refractivity contribution in [1.29, 1.82) is 0 Å². The molecule has 6 rings (SSSR count). The number of fused-ring (bicyclic) bond motifs is 1. The van der Waals surface area contributed by atoms with Crippen molar-refractivity contribution in [3.05, 3.63) is 75.7 Å². The molecule has 2 aliphatic rings. The van der Waals surface area contributed by atoms with E-state index in [2.05, 4.69) is 16.8 Å². The molecule has 0 aliphatic carbocycles. The van der Waals surface area contributed by atoms with Gasteiger partial charge in [0.1, 0.15) is 11.6 Å². The van der Waals surface area contributed by atoms with E-state index in [-0.39, 0.29) is 51.8 Å². The number of aromatic nitrogens is 5. The van der Waals surface area contributed by atoms with Gasteiger partial charge in [-0.15, -0.1) is 0 Å². The zero-order valence-electron chi connectivity index (χ0n) is 28.9. The van der Waals surface area contributed by atoms with E-state index in [4.69, 9.17) is 31.5 Å². The van der Waals surface area contributed by atoms with Crippen molar-refractivity contribution in [3.63, 3.8) is 0 Å². The number of piperazine rings is 2. The number of benzene rings is 1. The van der Waals surface area contributed by atoms with E-state index in [1.165, 1.54) is 16.7 Å². The van der Waals surface area contributed by atoms with E-state index in [1.807, 2.05) is 46.4 Å². The molecule has 0 radical (unpaired) electrons. The summed E-state index contributed by atoms with van der Waals surface area (Å²) in [4.78, 5) is 53.0. The molecule has 13 heteroatoms. The second kappa shape index (κ2) is 13.8. The SMILES string of the molecule is C=CC(=O)N1C[C@H](C)N(c2nc(=O)n(-c3c(C(C)C)nc(N4CCNCC4)nc3C(C)C)c3nc(-c4ccccc4F)c(Cl)cc23)C[C@H]1C. The Morgan fingerprint density at radius 2 is 1.65 bits per heavy atom. The molecule has 0 bridgehead atoms. The molecule has 3 aromatic heterocycles. The van der Waals surface area contributed by atoms with Crippen LogP contribution in [0.4, 0.5) is 16.2 Å². The Morgan fingerprint density at radius 1 is 1.00 bits per heavy atom. The van der Waals surface area contributed by atoms with Gasteiger partial charge in [-0.2, -0.15) is 4.98 Å². The van der Waals surface area contributed by atoms with Crippen LogP contribution in [0.25, 0.3) is 28.0 Å². The lowest BCUT2D eigenvalue weighted by molar-refractivity contribution is -0.128. The monoisotopic (exact) mass is 687 g/mol. The third-order valence-electron chi connectivity index (χ3n) is 9.29. The zero-order chi connectivity index (χ0) is 35.1. The van der Waals surface area contributed by atoms with Gasteiger partial charge in [-0.3, -0.25) is 4.79 Å². The predicted molar refractivity (Wildman–Crippen MR) is 193 cm³/mol. The van der Waals surface area contributed by atoms with Crippen LogP contribution in [-0.2, 0) is 4.79 Å². The minimum atomic E-state index is -0.566. The van der Waals surface area contributed by atoms with Crippen molar-refractivity contribution in [2.75, 3.05) is 49.1 Å². The Labute approximate surface area is 290 Å². The standard InChI is InChI=1S/C36H43ClFN9O2/c1-8-28(48)45-18-23(7)46(19-22(45)6)33-25-17-26(37)31(24-11-9-10-12-27(24)38)40-34(25)47(36(49)43-33)32-29(20(2)3)41-35(42-30(32)21(4)5)44-15-13-39-14-16-44/h8-12,17,20-23,39H,1,13-16,18-19H2,2-7H3/t22-,23+/m1/s1. The maximum absolute atomic E-state index is 15.3. The summed E-state index contributed by atoms with van der Waals surface area (Å²) in [7, 11) is 0. The van der Waals surface area contributed by atoms with Crippen LogP contribution in [0.3, 0.4) is 0 Å². The fourth-order valence-corrected chi connectivity index (χ4v) is 6.99. The first kappa shape index (κ1) is 34.4. The Morgan fingerprint density at radius 3 is 2.27 bits per heavy atom. The quantitative estimate of drug-likeness (QED) is 0.259. The molecule has 0 spiro atoms. The highest BCUT2D eigenvalue weighted by Gasteiger charge is 2.35. The highest BCUT2D eigenvalue weighted by molar-refractivity contribution is 6.33. The van der Waals surface area contributed by atoms with Crippen LogP contribution in [0.5, 0.6) is 0 Å². The number of nitrogens with zero attached hydrogens (tertiary/aromatic N) is 8. The average Bonchev–Trinajstić information content (AvgIpc) is 3.08. The minimum Gasteiger partial charge on any atom is -0.349 e. The van der Waals surface area contributed by atoms with Gasteiger partial charge in [-0.05, 0) is 50.0 Å². The first-order chi connectivity index (χ1) is 23.4. The third-order valence-corrected chi connectivity index (χ3v) is 9.58. The lowest BCUT2D eigenvalue weighted by Gasteiger charge is -2.44. The van der Waals surface area contributed by atoms with Crippen LogP contribution in [0.1, 0.15) is 64.8 Å². The van der Waals surface area contributed by atoms with E-state index in [0.717, 1.165) is 26.2 Å². The first-order valence-corrected chi connectivity index (χ1v) is 17.2. The molecule has 0 saturated carbocycles. The number of hydrogen-bond donors (Lipinski definition) is 1. The van der Waals surface area contributed by atoms with Gasteiger partial charge in [0, 0.05) is 56.9 Å². The van der Waals surface area contributed by atoms with Gasteiger partial charge in [0.2, 0.25) is 11.9 Å². The van der Waals surface area contributed by atoms with Crippen molar-refractivity contribution in [1.82, 2.24) is 34.7 Å². The summed E-state index contributed by atoms with van der Waals surface area (Å²) >= 11 is 6.92. The van der Waals surface area contributed by atoms with Crippen LogP contribution in [0.15, 0.2) is 47.8 Å². The van der Waals surface area contributed by atoms with E-state index < -0.39 is 11.5 Å². The zero-order valence-corrected chi connectivity index (χ0v) is 29.6. The summed E-state index contributed by atoms with van der Waals surface area (Å²) in [5.74, 6) is 0.197. The highest BCUT2D eigenvalue weighted by atomic mass is 35.5. The molecule has 5 heterocycles. The molecule has 11 nitrogen and oxygen atoms in total. The van der Waals surface area contributed by atoms with Crippen molar-refractivity contribution < 1.29 is 9.18 Å². The molecule has 2 saturated heterocycles. The second-order valence-corrected chi connectivity index (χ2v) is 13.9. The Hall–Kier alpha value is -4.42. The van der Waals surface area contributed by atoms with Gasteiger partial charge >= 0.3 is 5.69 Å². The van der Waals surface area contributed by atoms with Crippen molar-refractivity contribution >= 4 is 40.3 Å². The van der Waals surface area contributed by atoms with Crippen LogP contribution in [-0.4, -0.2) is 86.7 Å². The number of amides is 1. The lowest BCUT2D eigenvalue weighted by atomic mass is 10.0. The van der Waals surface area contributed by atoms with Crippen LogP contribution < -0.4 is 20.8 Å². The summed E-state index contributed by atoms with van der Waals surface area (Å²) in [6.07, 6.45) is 1.32. The number of rotatable bonds is 7. The minimum absolute atomic E-state index is 0.0894. The Balaban J connectivity index is 1.66. The molecule has 2 aliphatic heterocycles. The van der Waals surface area contributed by atoms with Crippen molar-refractivity contribution in [3.8, 4) is 16.9 Å². The van der Waals surface area contributed by atoms with E-state index >= 15 is 4.39 Å². The molecule has 1 N–H and O–H groups in total. The Kier molecular flexibility index (Phi) is 9.72. The number of carbonyl (C=O) groups is 1. The topological polar surface area (TPSA) is 112 Å². The molecule has 2 atom stereocenters. The predicted octanol–water partition coefficient (Wildman–Crippen LogP) is 5.30. The molecule has 4 aromatic rings. The Bertz CT molecular complexity index is 1950. The number of halogens is 2. The molecular weight excluding hydrogens is 645 g/mol. The van der Waals surface area contributed by atoms with Gasteiger partial charge < -0.3 is 20.0 Å². The largest absolute Gasteiger partial charge is 0.355 e. The fourth-order valence-electron chi connectivity index (χ4n) is 6.73. The number of pyridine rings is 1. The summed E-state index contributed by atoms with van der Waals surface area (Å²) in [6.45, 7) is 19.7. The van der Waals surface area contributed by atoms with E-state index in [9.17, 15) is 9.59 Å². The molecule has 0 unspecified atom stereocenters. The lowest BCUT2D eigenvalue weighted by Crippen LogP contribution is -2.58. The van der Waals surface area contributed by atoms with Gasteiger partial charge in [-0.25, -0.2) is 28.7 Å². The maximum atomic E-state index is 15.3. The number of anilines is 2. The fraction of sp³-hybridized carbons (Fsp3) is 0.444. The molecular formula is C36H43ClFN9O2. The average molecular weight is 688 g/mol. The maximum Gasteiger partial charge on any atom is 0.355 e. The smallest absolute Gasteiger partial charge is 0.349 e. The summed E-state index contributed by atoms with van der Waals surface area (Å²) < 4.78 is 16.7. The molecule has 1 aromatic carbocycles. The second-order valence-electron chi connectivity index (χ2n) is 13.5. The highest BCUT2D eigenvalue weighted by Crippen LogP contribution is 2.38. The van der Waals surface area contributed by atoms with Crippen LogP contribution >= 0.6 is 11.6 Å². The number of carbonyl (C=O) groups excluding carboxylic acids is 1. The van der Waals surface area contributed by atoms with E-state index in [0.29, 0.717) is 47.3 Å². The van der Waals surface area contributed by atoms with Crippen molar-refractivity contribution in [2.45, 2.75) is 65.5 Å². The van der Waals surface area contributed by atoms with Crippen LogP contribution in [0, 0.1) is 5.82 Å². The van der Waals surface area contributed by atoms with Gasteiger partial charge in [0.05, 0.1) is 33.2 Å².